The fourth-order valence-corrected chi connectivity index (χ4v) is 4.35. The fraction of sp³-hybridized carbons (Fsp3) is 0.650. The zero-order valence-electron chi connectivity index (χ0n) is 15.8. The van der Waals surface area contributed by atoms with Gasteiger partial charge < -0.3 is 15.5 Å². The van der Waals surface area contributed by atoms with Crippen molar-refractivity contribution in [1.82, 2.24) is 15.5 Å². The van der Waals surface area contributed by atoms with E-state index in [-0.39, 0.29) is 41.8 Å². The lowest BCUT2D eigenvalue weighted by atomic mass is 10.1. The SMILES string of the molecule is CCN=C(NC1CCN(C2CC2)CC1)NC1CC1c1c(F)cccc1Cl.I. The molecular weight excluding hydrogens is 478 g/mol. The highest BCUT2D eigenvalue weighted by molar-refractivity contribution is 14.0. The number of guanidine groups is 1. The van der Waals surface area contributed by atoms with Crippen molar-refractivity contribution in [3.8, 4) is 0 Å². The third kappa shape index (κ3) is 5.26. The van der Waals surface area contributed by atoms with Crippen LogP contribution in [0.5, 0.6) is 0 Å². The Balaban J connectivity index is 0.00000210. The number of hydrogen-bond acceptors (Lipinski definition) is 2. The van der Waals surface area contributed by atoms with Gasteiger partial charge in [-0.1, -0.05) is 17.7 Å². The van der Waals surface area contributed by atoms with E-state index in [0.29, 0.717) is 16.6 Å². The highest BCUT2D eigenvalue weighted by Gasteiger charge is 2.42. The molecule has 2 atom stereocenters. The molecule has 0 amide bonds. The van der Waals surface area contributed by atoms with Gasteiger partial charge in [0, 0.05) is 54.3 Å². The summed E-state index contributed by atoms with van der Waals surface area (Å²) in [5.41, 5.74) is 0.639. The predicted octanol–water partition coefficient (Wildman–Crippen LogP) is 4.13. The Morgan fingerprint density at radius 2 is 1.96 bits per heavy atom. The van der Waals surface area contributed by atoms with E-state index in [9.17, 15) is 4.39 Å². The minimum atomic E-state index is -0.207. The summed E-state index contributed by atoms with van der Waals surface area (Å²) < 4.78 is 14.1. The highest BCUT2D eigenvalue weighted by Crippen LogP contribution is 2.44. The Kier molecular flexibility index (Phi) is 7.25. The van der Waals surface area contributed by atoms with E-state index in [1.165, 1.54) is 32.0 Å². The molecule has 1 aromatic carbocycles. The van der Waals surface area contributed by atoms with Gasteiger partial charge in [-0.3, -0.25) is 4.99 Å². The van der Waals surface area contributed by atoms with Crippen LogP contribution in [0.25, 0.3) is 0 Å². The first-order valence-electron chi connectivity index (χ1n) is 9.91. The van der Waals surface area contributed by atoms with Gasteiger partial charge >= 0.3 is 0 Å². The van der Waals surface area contributed by atoms with Crippen LogP contribution in [0.3, 0.4) is 0 Å². The normalized spacial score (nSPS) is 26.4. The Morgan fingerprint density at radius 3 is 2.59 bits per heavy atom. The van der Waals surface area contributed by atoms with Gasteiger partial charge in [0.2, 0.25) is 0 Å². The van der Waals surface area contributed by atoms with Gasteiger partial charge in [0.15, 0.2) is 5.96 Å². The van der Waals surface area contributed by atoms with E-state index in [1.54, 1.807) is 12.1 Å². The molecule has 0 radical (unpaired) electrons. The van der Waals surface area contributed by atoms with Crippen molar-refractivity contribution >= 4 is 41.5 Å². The van der Waals surface area contributed by atoms with E-state index in [1.807, 2.05) is 6.92 Å². The molecule has 0 spiro atoms. The van der Waals surface area contributed by atoms with Crippen molar-refractivity contribution in [2.45, 2.75) is 63.1 Å². The summed E-state index contributed by atoms with van der Waals surface area (Å²) in [5, 5.41) is 7.61. The molecule has 2 aliphatic carbocycles. The van der Waals surface area contributed by atoms with Crippen molar-refractivity contribution in [3.05, 3.63) is 34.6 Å². The van der Waals surface area contributed by atoms with Crippen LogP contribution in [0.2, 0.25) is 5.02 Å². The van der Waals surface area contributed by atoms with E-state index in [2.05, 4.69) is 20.5 Å². The molecule has 2 N–H and O–H groups in total. The molecule has 1 aromatic rings. The largest absolute Gasteiger partial charge is 0.354 e. The average Bonchev–Trinajstić information content (AvgIpc) is 3.52. The smallest absolute Gasteiger partial charge is 0.191 e. The second kappa shape index (κ2) is 9.27. The first-order valence-corrected chi connectivity index (χ1v) is 10.3. The molecule has 3 fully saturated rings. The van der Waals surface area contributed by atoms with Gasteiger partial charge in [-0.2, -0.15) is 0 Å². The maximum absolute atomic E-state index is 14.1. The average molecular weight is 507 g/mol. The maximum Gasteiger partial charge on any atom is 0.191 e. The number of likely N-dealkylation sites (tertiary alicyclic amines) is 1. The van der Waals surface area contributed by atoms with Gasteiger partial charge in [0.05, 0.1) is 0 Å². The van der Waals surface area contributed by atoms with E-state index in [4.69, 9.17) is 11.6 Å². The van der Waals surface area contributed by atoms with Crippen LogP contribution in [0.1, 0.15) is 50.5 Å². The molecule has 4 nitrogen and oxygen atoms in total. The molecule has 2 unspecified atom stereocenters. The number of benzene rings is 1. The lowest BCUT2D eigenvalue weighted by Crippen LogP contribution is -2.49. The highest BCUT2D eigenvalue weighted by atomic mass is 127. The lowest BCUT2D eigenvalue weighted by molar-refractivity contribution is 0.197. The molecule has 0 bridgehead atoms. The Bertz CT molecular complexity index is 654. The summed E-state index contributed by atoms with van der Waals surface area (Å²) in [6.07, 6.45) is 5.97. The van der Waals surface area contributed by atoms with E-state index in [0.717, 1.165) is 37.8 Å². The lowest BCUT2D eigenvalue weighted by Gasteiger charge is -2.33. The first-order chi connectivity index (χ1) is 12.7. The maximum atomic E-state index is 14.1. The number of nitrogens with one attached hydrogen (secondary N) is 2. The van der Waals surface area contributed by atoms with Crippen molar-refractivity contribution in [2.24, 2.45) is 4.99 Å². The molecule has 4 rings (SSSR count). The predicted molar refractivity (Wildman–Crippen MR) is 120 cm³/mol. The Hall–Kier alpha value is -0.600. The van der Waals surface area contributed by atoms with Crippen LogP contribution in [-0.4, -0.2) is 48.6 Å². The van der Waals surface area contributed by atoms with Gasteiger partial charge in [-0.15, -0.1) is 24.0 Å². The molecule has 1 saturated heterocycles. The van der Waals surface area contributed by atoms with Crippen molar-refractivity contribution in [3.63, 3.8) is 0 Å². The van der Waals surface area contributed by atoms with Gasteiger partial charge in [0.1, 0.15) is 5.82 Å². The quantitative estimate of drug-likeness (QED) is 0.358. The number of aliphatic imine (C=N–C) groups is 1. The Morgan fingerprint density at radius 1 is 1.22 bits per heavy atom. The van der Waals surface area contributed by atoms with Crippen LogP contribution in [0, 0.1) is 5.82 Å². The number of piperidine rings is 1. The van der Waals surface area contributed by atoms with Crippen molar-refractivity contribution in [1.29, 1.82) is 0 Å². The molecule has 3 aliphatic rings. The van der Waals surface area contributed by atoms with Gasteiger partial charge in [-0.25, -0.2) is 4.39 Å². The molecule has 27 heavy (non-hydrogen) atoms. The minimum Gasteiger partial charge on any atom is -0.354 e. The van der Waals surface area contributed by atoms with Crippen LogP contribution >= 0.6 is 35.6 Å². The fourth-order valence-electron chi connectivity index (χ4n) is 4.05. The van der Waals surface area contributed by atoms with Gasteiger partial charge in [-0.05, 0) is 51.2 Å². The molecule has 1 aliphatic heterocycles. The number of rotatable bonds is 5. The number of nitrogens with zero attached hydrogens (tertiary/aromatic N) is 2. The zero-order chi connectivity index (χ0) is 18.1. The molecular formula is C20H29ClFIN4. The Labute approximate surface area is 183 Å². The molecule has 2 saturated carbocycles. The van der Waals surface area contributed by atoms with Crippen LogP contribution < -0.4 is 10.6 Å². The number of halogens is 3. The minimum absolute atomic E-state index is 0. The van der Waals surface area contributed by atoms with E-state index >= 15 is 0 Å². The summed E-state index contributed by atoms with van der Waals surface area (Å²) in [6.45, 7) is 5.13. The molecule has 7 heteroatoms. The zero-order valence-corrected chi connectivity index (χ0v) is 18.8. The summed E-state index contributed by atoms with van der Waals surface area (Å²) in [5.74, 6) is 0.780. The topological polar surface area (TPSA) is 39.7 Å². The third-order valence-electron chi connectivity index (χ3n) is 5.73. The van der Waals surface area contributed by atoms with E-state index < -0.39 is 0 Å². The van der Waals surface area contributed by atoms with Crippen molar-refractivity contribution < 1.29 is 4.39 Å². The summed E-state index contributed by atoms with van der Waals surface area (Å²) in [7, 11) is 0. The molecule has 0 aromatic heterocycles. The monoisotopic (exact) mass is 506 g/mol. The first kappa shape index (κ1) is 21.1. The van der Waals surface area contributed by atoms with Crippen molar-refractivity contribution in [2.75, 3.05) is 19.6 Å². The molecule has 150 valence electrons. The third-order valence-corrected chi connectivity index (χ3v) is 6.06. The van der Waals surface area contributed by atoms with Gasteiger partial charge in [0.25, 0.3) is 0 Å². The van der Waals surface area contributed by atoms with Crippen LogP contribution in [-0.2, 0) is 0 Å². The number of hydrogen-bond donors (Lipinski definition) is 2. The van der Waals surface area contributed by atoms with Crippen LogP contribution in [0.4, 0.5) is 4.39 Å². The second-order valence-corrected chi connectivity index (χ2v) is 8.14. The second-order valence-electron chi connectivity index (χ2n) is 7.74. The summed E-state index contributed by atoms with van der Waals surface area (Å²) >= 11 is 6.21. The summed E-state index contributed by atoms with van der Waals surface area (Å²) in [4.78, 5) is 7.22. The molecule has 1 heterocycles. The summed E-state index contributed by atoms with van der Waals surface area (Å²) in [6, 6.07) is 6.44. The standard InChI is InChI=1S/C20H28ClFN4.HI/c1-2-23-20(24-13-8-10-26(11-9-13)14-6-7-14)25-18-12-15(18)19-16(21)4-3-5-17(19)22;/h3-5,13-15,18H,2,6-12H2,1H3,(H2,23,24,25);1H. The van der Waals surface area contributed by atoms with Crippen LogP contribution in [0.15, 0.2) is 23.2 Å².